The Kier molecular flexibility index (Phi) is 3.92. The Balaban J connectivity index is 2.40. The van der Waals surface area contributed by atoms with Gasteiger partial charge in [-0.05, 0) is 30.3 Å². The van der Waals surface area contributed by atoms with Gasteiger partial charge in [-0.15, -0.1) is 0 Å². The fourth-order valence-corrected chi connectivity index (χ4v) is 2.14. The summed E-state index contributed by atoms with van der Waals surface area (Å²) in [5.74, 6) is -0.276. The zero-order valence-corrected chi connectivity index (χ0v) is 11.6. The molecule has 0 saturated carbocycles. The van der Waals surface area contributed by atoms with Crippen LogP contribution in [0.1, 0.15) is 15.9 Å². The van der Waals surface area contributed by atoms with Crippen molar-refractivity contribution in [2.45, 2.75) is 0 Å². The van der Waals surface area contributed by atoms with Crippen molar-refractivity contribution in [3.8, 4) is 6.07 Å². The minimum absolute atomic E-state index is 0.276. The average Bonchev–Trinajstić information content (AvgIpc) is 2.44. The number of nitrogens with two attached hydrogens (primary N) is 1. The molecular formula is C15H12ClN3O. The Morgan fingerprint density at radius 2 is 2.00 bits per heavy atom. The summed E-state index contributed by atoms with van der Waals surface area (Å²) in [4.78, 5) is 13.8. The maximum Gasteiger partial charge on any atom is 0.258 e. The number of para-hydroxylation sites is 1. The van der Waals surface area contributed by atoms with Gasteiger partial charge in [0, 0.05) is 23.3 Å². The van der Waals surface area contributed by atoms with Crippen molar-refractivity contribution >= 4 is 28.9 Å². The predicted octanol–water partition coefficient (Wildman–Crippen LogP) is 3.07. The largest absolute Gasteiger partial charge is 0.399 e. The Morgan fingerprint density at radius 1 is 1.30 bits per heavy atom. The lowest BCUT2D eigenvalue weighted by Gasteiger charge is -2.18. The van der Waals surface area contributed by atoms with Gasteiger partial charge in [0.05, 0.1) is 11.3 Å². The van der Waals surface area contributed by atoms with Crippen LogP contribution in [0.4, 0.5) is 11.4 Å². The fourth-order valence-electron chi connectivity index (χ4n) is 1.90. The molecule has 2 aromatic carbocycles. The van der Waals surface area contributed by atoms with Crippen LogP contribution in [0.5, 0.6) is 0 Å². The summed E-state index contributed by atoms with van der Waals surface area (Å²) in [6.45, 7) is 0. The smallest absolute Gasteiger partial charge is 0.258 e. The van der Waals surface area contributed by atoms with Gasteiger partial charge in [0.25, 0.3) is 5.91 Å². The SMILES string of the molecule is CN(C(=O)c1cc(N)cc(Cl)c1)c1ccccc1C#N. The number of benzene rings is 2. The molecule has 2 N–H and O–H groups in total. The molecule has 1 amide bonds. The molecule has 5 heteroatoms. The second-order valence-corrected chi connectivity index (χ2v) is 4.70. The van der Waals surface area contributed by atoms with Gasteiger partial charge in [-0.3, -0.25) is 4.79 Å². The molecule has 0 unspecified atom stereocenters. The van der Waals surface area contributed by atoms with Crippen molar-refractivity contribution in [1.29, 1.82) is 5.26 Å². The lowest BCUT2D eigenvalue weighted by atomic mass is 10.1. The molecule has 0 bridgehead atoms. The number of amides is 1. The molecule has 0 atom stereocenters. The third-order valence-electron chi connectivity index (χ3n) is 2.86. The van der Waals surface area contributed by atoms with Gasteiger partial charge in [-0.1, -0.05) is 23.7 Å². The van der Waals surface area contributed by atoms with E-state index in [0.717, 1.165) is 0 Å². The predicted molar refractivity (Wildman–Crippen MR) is 79.8 cm³/mol. The lowest BCUT2D eigenvalue weighted by Crippen LogP contribution is -2.27. The second kappa shape index (κ2) is 5.64. The van der Waals surface area contributed by atoms with Crippen molar-refractivity contribution in [1.82, 2.24) is 0 Å². The summed E-state index contributed by atoms with van der Waals surface area (Å²) in [5, 5.41) is 9.48. The number of nitrogens with zero attached hydrogens (tertiary/aromatic N) is 2. The van der Waals surface area contributed by atoms with E-state index in [9.17, 15) is 4.79 Å². The van der Waals surface area contributed by atoms with Crippen LogP contribution >= 0.6 is 11.6 Å². The Bertz CT molecular complexity index is 686. The first-order valence-corrected chi connectivity index (χ1v) is 6.24. The number of halogens is 1. The molecule has 0 spiro atoms. The van der Waals surface area contributed by atoms with Gasteiger partial charge in [-0.25, -0.2) is 0 Å². The molecule has 4 nitrogen and oxygen atoms in total. The normalized spacial score (nSPS) is 9.85. The van der Waals surface area contributed by atoms with Gasteiger partial charge in [0.15, 0.2) is 0 Å². The Hall–Kier alpha value is -2.51. The van der Waals surface area contributed by atoms with Gasteiger partial charge < -0.3 is 10.6 Å². The molecule has 0 aliphatic heterocycles. The third kappa shape index (κ3) is 2.73. The number of carbonyl (C=O) groups is 1. The number of hydrogen-bond donors (Lipinski definition) is 1. The van der Waals surface area contributed by atoms with Crippen molar-refractivity contribution in [2.75, 3.05) is 17.7 Å². The molecule has 20 heavy (non-hydrogen) atoms. The van der Waals surface area contributed by atoms with Gasteiger partial charge in [0.2, 0.25) is 0 Å². The van der Waals surface area contributed by atoms with Crippen LogP contribution in [0.25, 0.3) is 0 Å². The lowest BCUT2D eigenvalue weighted by molar-refractivity contribution is 0.0993. The second-order valence-electron chi connectivity index (χ2n) is 4.27. The van der Waals surface area contributed by atoms with E-state index in [0.29, 0.717) is 27.5 Å². The van der Waals surface area contributed by atoms with Gasteiger partial charge >= 0.3 is 0 Å². The van der Waals surface area contributed by atoms with Gasteiger partial charge in [-0.2, -0.15) is 5.26 Å². The van der Waals surface area contributed by atoms with Crippen LogP contribution in [0, 0.1) is 11.3 Å². The molecule has 0 heterocycles. The Morgan fingerprint density at radius 3 is 2.65 bits per heavy atom. The van der Waals surface area contributed by atoms with Crippen LogP contribution in [-0.4, -0.2) is 13.0 Å². The van der Waals surface area contributed by atoms with E-state index in [1.165, 1.54) is 4.90 Å². The van der Waals surface area contributed by atoms with Crippen molar-refractivity contribution in [3.05, 3.63) is 58.6 Å². The average molecular weight is 286 g/mol. The summed E-state index contributed by atoms with van der Waals surface area (Å²) in [7, 11) is 1.61. The molecule has 2 rings (SSSR count). The van der Waals surface area contributed by atoms with E-state index in [1.807, 2.05) is 0 Å². The highest BCUT2D eigenvalue weighted by Crippen LogP contribution is 2.23. The van der Waals surface area contributed by atoms with E-state index in [2.05, 4.69) is 6.07 Å². The summed E-state index contributed by atoms with van der Waals surface area (Å²) < 4.78 is 0. The van der Waals surface area contributed by atoms with Crippen molar-refractivity contribution in [3.63, 3.8) is 0 Å². The molecule has 0 aromatic heterocycles. The van der Waals surface area contributed by atoms with E-state index in [4.69, 9.17) is 22.6 Å². The number of hydrogen-bond acceptors (Lipinski definition) is 3. The summed E-state index contributed by atoms with van der Waals surface area (Å²) in [5.41, 5.74) is 7.45. The van der Waals surface area contributed by atoms with Crippen LogP contribution in [0.15, 0.2) is 42.5 Å². The molecule has 0 fully saturated rings. The van der Waals surface area contributed by atoms with Crippen LogP contribution in [0.3, 0.4) is 0 Å². The van der Waals surface area contributed by atoms with Crippen molar-refractivity contribution < 1.29 is 4.79 Å². The minimum atomic E-state index is -0.276. The molecule has 0 aliphatic carbocycles. The highest BCUT2D eigenvalue weighted by atomic mass is 35.5. The van der Waals surface area contributed by atoms with Gasteiger partial charge in [0.1, 0.15) is 6.07 Å². The van der Waals surface area contributed by atoms with E-state index < -0.39 is 0 Å². The number of rotatable bonds is 2. The first-order valence-electron chi connectivity index (χ1n) is 5.86. The maximum atomic E-state index is 12.4. The number of nitrogen functional groups attached to an aromatic ring is 1. The zero-order valence-electron chi connectivity index (χ0n) is 10.8. The number of nitriles is 1. The minimum Gasteiger partial charge on any atom is -0.399 e. The summed E-state index contributed by atoms with van der Waals surface area (Å²) in [6.07, 6.45) is 0. The van der Waals surface area contributed by atoms with E-state index >= 15 is 0 Å². The first-order chi connectivity index (χ1) is 9.52. The third-order valence-corrected chi connectivity index (χ3v) is 3.08. The van der Waals surface area contributed by atoms with Crippen LogP contribution in [0.2, 0.25) is 5.02 Å². The maximum absolute atomic E-state index is 12.4. The Labute approximate surface area is 122 Å². The molecule has 2 aromatic rings. The molecule has 100 valence electrons. The van der Waals surface area contributed by atoms with Crippen molar-refractivity contribution in [2.24, 2.45) is 0 Å². The number of anilines is 2. The highest BCUT2D eigenvalue weighted by Gasteiger charge is 2.16. The molecule has 0 radical (unpaired) electrons. The zero-order chi connectivity index (χ0) is 14.7. The molecular weight excluding hydrogens is 274 g/mol. The fraction of sp³-hybridized carbons (Fsp3) is 0.0667. The summed E-state index contributed by atoms with van der Waals surface area (Å²) in [6, 6.07) is 13.6. The first kappa shape index (κ1) is 13.9. The number of carbonyl (C=O) groups excluding carboxylic acids is 1. The van der Waals surface area contributed by atoms with E-state index in [-0.39, 0.29) is 5.91 Å². The standard InChI is InChI=1S/C15H12ClN3O/c1-19(14-5-3-2-4-10(14)9-17)15(20)11-6-12(16)8-13(18)7-11/h2-8H,18H2,1H3. The van der Waals surface area contributed by atoms with Crippen LogP contribution < -0.4 is 10.6 Å². The quantitative estimate of drug-likeness (QED) is 0.862. The molecule has 0 saturated heterocycles. The molecule has 0 aliphatic rings. The van der Waals surface area contributed by atoms with Crippen LogP contribution in [-0.2, 0) is 0 Å². The van der Waals surface area contributed by atoms with E-state index in [1.54, 1.807) is 49.5 Å². The highest BCUT2D eigenvalue weighted by molar-refractivity contribution is 6.31. The summed E-state index contributed by atoms with van der Waals surface area (Å²) >= 11 is 5.90. The topological polar surface area (TPSA) is 70.1 Å². The monoisotopic (exact) mass is 285 g/mol.